The lowest BCUT2D eigenvalue weighted by Crippen LogP contribution is -2.28. The van der Waals surface area contributed by atoms with Crippen molar-refractivity contribution in [3.8, 4) is 0 Å². The second-order valence-electron chi connectivity index (χ2n) is 7.36. The van der Waals surface area contributed by atoms with Crippen LogP contribution in [-0.2, 0) is 20.8 Å². The number of hydrogen-bond acceptors (Lipinski definition) is 4. The Morgan fingerprint density at radius 3 is 2.76 bits per heavy atom. The van der Waals surface area contributed by atoms with Crippen LogP contribution in [0.1, 0.15) is 18.9 Å². The first-order chi connectivity index (χ1) is 14.0. The van der Waals surface area contributed by atoms with Gasteiger partial charge in [0.2, 0.25) is 17.7 Å². The smallest absolute Gasteiger partial charge is 0.229 e. The molecule has 7 heteroatoms. The molecule has 1 N–H and O–H groups in total. The molecule has 29 heavy (non-hydrogen) atoms. The fourth-order valence-electron chi connectivity index (χ4n) is 3.96. The van der Waals surface area contributed by atoms with Crippen molar-refractivity contribution in [1.29, 1.82) is 0 Å². The van der Waals surface area contributed by atoms with Gasteiger partial charge in [-0.15, -0.1) is 11.8 Å². The van der Waals surface area contributed by atoms with Gasteiger partial charge in [-0.3, -0.25) is 14.4 Å². The van der Waals surface area contributed by atoms with Crippen molar-refractivity contribution in [2.45, 2.75) is 24.7 Å². The molecule has 3 amide bonds. The summed E-state index contributed by atoms with van der Waals surface area (Å²) in [5, 5.41) is 2.94. The molecule has 2 aromatic rings. The monoisotopic (exact) mass is 409 g/mol. The second kappa shape index (κ2) is 7.91. The van der Waals surface area contributed by atoms with E-state index in [1.807, 2.05) is 48.7 Å². The minimum absolute atomic E-state index is 0.0241. The summed E-state index contributed by atoms with van der Waals surface area (Å²) in [5.41, 5.74) is 3.51. The number of fused-ring (bicyclic) bond motifs is 1. The Morgan fingerprint density at radius 2 is 2.00 bits per heavy atom. The SMILES string of the molecule is CSc1cccc(NC(=O)C2CC(=O)N(c3ccc4c(c3)CCN4C(C)=O)C2)c1. The van der Waals surface area contributed by atoms with Gasteiger partial charge in [0.25, 0.3) is 0 Å². The molecular weight excluding hydrogens is 386 g/mol. The molecule has 150 valence electrons. The fourth-order valence-corrected chi connectivity index (χ4v) is 4.42. The zero-order valence-corrected chi connectivity index (χ0v) is 17.3. The third kappa shape index (κ3) is 3.87. The van der Waals surface area contributed by atoms with Crippen molar-refractivity contribution in [3.05, 3.63) is 48.0 Å². The number of nitrogens with one attached hydrogen (secondary N) is 1. The molecule has 2 aliphatic rings. The Balaban J connectivity index is 1.47. The topological polar surface area (TPSA) is 69.7 Å². The summed E-state index contributed by atoms with van der Waals surface area (Å²) < 4.78 is 0. The predicted octanol–water partition coefficient (Wildman–Crippen LogP) is 3.31. The van der Waals surface area contributed by atoms with E-state index in [0.29, 0.717) is 13.1 Å². The van der Waals surface area contributed by atoms with Gasteiger partial charge in [-0.1, -0.05) is 6.07 Å². The van der Waals surface area contributed by atoms with Crippen LogP contribution in [0, 0.1) is 5.92 Å². The van der Waals surface area contributed by atoms with E-state index in [1.165, 1.54) is 0 Å². The van der Waals surface area contributed by atoms with Crippen LogP contribution < -0.4 is 15.1 Å². The van der Waals surface area contributed by atoms with E-state index < -0.39 is 0 Å². The Labute approximate surface area is 174 Å². The third-order valence-corrected chi connectivity index (χ3v) is 6.21. The number of carbonyl (C=O) groups is 3. The average molecular weight is 410 g/mol. The first-order valence-corrected chi connectivity index (χ1v) is 10.8. The van der Waals surface area contributed by atoms with E-state index in [0.717, 1.165) is 33.9 Å². The summed E-state index contributed by atoms with van der Waals surface area (Å²) in [7, 11) is 0. The zero-order valence-electron chi connectivity index (χ0n) is 16.5. The lowest BCUT2D eigenvalue weighted by molar-refractivity contribution is -0.122. The van der Waals surface area contributed by atoms with Gasteiger partial charge in [0.15, 0.2) is 0 Å². The van der Waals surface area contributed by atoms with Gasteiger partial charge in [-0.25, -0.2) is 0 Å². The van der Waals surface area contributed by atoms with Crippen LogP contribution in [0.4, 0.5) is 17.1 Å². The molecule has 6 nitrogen and oxygen atoms in total. The number of hydrogen-bond donors (Lipinski definition) is 1. The van der Waals surface area contributed by atoms with Crippen molar-refractivity contribution in [2.24, 2.45) is 5.92 Å². The van der Waals surface area contributed by atoms with Crippen LogP contribution in [0.2, 0.25) is 0 Å². The molecule has 0 spiro atoms. The molecular formula is C22H23N3O3S. The molecule has 0 aliphatic carbocycles. The van der Waals surface area contributed by atoms with Crippen LogP contribution in [0.3, 0.4) is 0 Å². The van der Waals surface area contributed by atoms with Gasteiger partial charge in [0, 0.05) is 48.4 Å². The van der Waals surface area contributed by atoms with E-state index in [1.54, 1.807) is 28.5 Å². The lowest BCUT2D eigenvalue weighted by atomic mass is 10.1. The minimum Gasteiger partial charge on any atom is -0.326 e. The van der Waals surface area contributed by atoms with Crippen LogP contribution >= 0.6 is 11.8 Å². The molecule has 1 fully saturated rings. The highest BCUT2D eigenvalue weighted by atomic mass is 32.2. The highest BCUT2D eigenvalue weighted by Gasteiger charge is 2.36. The van der Waals surface area contributed by atoms with Gasteiger partial charge in [0.1, 0.15) is 0 Å². The molecule has 0 aromatic heterocycles. The maximum absolute atomic E-state index is 12.7. The maximum atomic E-state index is 12.7. The molecule has 1 saturated heterocycles. The quantitative estimate of drug-likeness (QED) is 0.787. The number of rotatable bonds is 4. The number of thioether (sulfide) groups is 1. The fraction of sp³-hybridized carbons (Fsp3) is 0.318. The zero-order chi connectivity index (χ0) is 20.5. The molecule has 0 radical (unpaired) electrons. The number of amides is 3. The number of anilines is 3. The Hall–Kier alpha value is -2.80. The summed E-state index contributed by atoms with van der Waals surface area (Å²) >= 11 is 1.61. The van der Waals surface area contributed by atoms with Crippen LogP contribution in [0.15, 0.2) is 47.4 Å². The molecule has 4 rings (SSSR count). The standard InChI is InChI=1S/C22H23N3O3S/c1-14(26)24-9-8-15-10-18(6-7-20(15)24)25-13-16(11-21(25)27)22(28)23-17-4-3-5-19(12-17)29-2/h3-7,10,12,16H,8-9,11,13H2,1-2H3,(H,23,28). The molecule has 2 aliphatic heterocycles. The average Bonchev–Trinajstić information content (AvgIpc) is 3.31. The molecule has 2 aromatic carbocycles. The Kier molecular flexibility index (Phi) is 5.32. The summed E-state index contributed by atoms with van der Waals surface area (Å²) in [4.78, 5) is 41.5. The van der Waals surface area contributed by atoms with Crippen LogP contribution in [-0.4, -0.2) is 37.1 Å². The summed E-state index contributed by atoms with van der Waals surface area (Å²) in [6.07, 6.45) is 2.96. The van der Waals surface area contributed by atoms with Crippen molar-refractivity contribution in [2.75, 3.05) is 34.5 Å². The Morgan fingerprint density at radius 1 is 1.17 bits per heavy atom. The molecule has 0 saturated carbocycles. The highest BCUT2D eigenvalue weighted by Crippen LogP contribution is 2.34. The number of benzene rings is 2. The van der Waals surface area contributed by atoms with Gasteiger partial charge >= 0.3 is 0 Å². The molecule has 0 bridgehead atoms. The van der Waals surface area contributed by atoms with Crippen molar-refractivity contribution < 1.29 is 14.4 Å². The number of carbonyl (C=O) groups excluding carboxylic acids is 3. The number of nitrogens with zero attached hydrogens (tertiary/aromatic N) is 2. The summed E-state index contributed by atoms with van der Waals surface area (Å²) in [6.45, 7) is 2.59. The minimum atomic E-state index is -0.387. The largest absolute Gasteiger partial charge is 0.326 e. The van der Waals surface area contributed by atoms with E-state index in [-0.39, 0.29) is 30.1 Å². The molecule has 1 unspecified atom stereocenters. The summed E-state index contributed by atoms with van der Waals surface area (Å²) in [5.74, 6) is -0.550. The first-order valence-electron chi connectivity index (χ1n) is 9.62. The van der Waals surface area contributed by atoms with Gasteiger partial charge in [-0.05, 0) is 54.6 Å². The van der Waals surface area contributed by atoms with E-state index in [2.05, 4.69) is 5.32 Å². The van der Waals surface area contributed by atoms with Gasteiger partial charge in [-0.2, -0.15) is 0 Å². The first kappa shape index (κ1) is 19.5. The van der Waals surface area contributed by atoms with Gasteiger partial charge < -0.3 is 15.1 Å². The van der Waals surface area contributed by atoms with Crippen LogP contribution in [0.25, 0.3) is 0 Å². The second-order valence-corrected chi connectivity index (χ2v) is 8.24. The van der Waals surface area contributed by atoms with Crippen molar-refractivity contribution in [1.82, 2.24) is 0 Å². The van der Waals surface area contributed by atoms with Crippen LogP contribution in [0.5, 0.6) is 0 Å². The predicted molar refractivity (Wildman–Crippen MR) is 115 cm³/mol. The van der Waals surface area contributed by atoms with E-state index >= 15 is 0 Å². The third-order valence-electron chi connectivity index (χ3n) is 5.48. The molecule has 1 atom stereocenters. The lowest BCUT2D eigenvalue weighted by Gasteiger charge is -2.19. The molecule has 2 heterocycles. The summed E-state index contributed by atoms with van der Waals surface area (Å²) in [6, 6.07) is 13.4. The van der Waals surface area contributed by atoms with E-state index in [4.69, 9.17) is 0 Å². The Bertz CT molecular complexity index is 991. The maximum Gasteiger partial charge on any atom is 0.229 e. The normalized spacial score (nSPS) is 18.1. The van der Waals surface area contributed by atoms with Crippen molar-refractivity contribution >= 4 is 46.5 Å². The van der Waals surface area contributed by atoms with E-state index in [9.17, 15) is 14.4 Å². The van der Waals surface area contributed by atoms with Gasteiger partial charge in [0.05, 0.1) is 5.92 Å². The van der Waals surface area contributed by atoms with Crippen molar-refractivity contribution in [3.63, 3.8) is 0 Å². The highest BCUT2D eigenvalue weighted by molar-refractivity contribution is 7.98.